The topological polar surface area (TPSA) is 102 Å². The lowest BCUT2D eigenvalue weighted by molar-refractivity contribution is -0.141. The Morgan fingerprint density at radius 1 is 1.11 bits per heavy atom. The zero-order chi connectivity index (χ0) is 25.2. The van der Waals surface area contributed by atoms with Crippen LogP contribution in [-0.2, 0) is 10.9 Å². The number of imidazole rings is 1. The molecule has 11 heteroatoms. The number of fused-ring (bicyclic) bond motifs is 1. The maximum atomic E-state index is 13.6. The summed E-state index contributed by atoms with van der Waals surface area (Å²) in [6.45, 7) is 3.23. The Labute approximate surface area is 202 Å². The number of hydrogen-bond donors (Lipinski definition) is 2. The highest BCUT2D eigenvalue weighted by molar-refractivity contribution is 5.90. The molecule has 1 aliphatic carbocycles. The summed E-state index contributed by atoms with van der Waals surface area (Å²) in [5, 5.41) is 0. The Morgan fingerprint density at radius 3 is 2.51 bits per heavy atom. The van der Waals surface area contributed by atoms with E-state index in [0.29, 0.717) is 30.0 Å². The molecule has 0 spiro atoms. The molecule has 3 N–H and O–H groups in total. The second kappa shape index (κ2) is 9.88. The Hall–Kier alpha value is -3.08. The molecule has 35 heavy (non-hydrogen) atoms. The zero-order valence-corrected chi connectivity index (χ0v) is 20.2. The molecule has 0 atom stereocenters. The van der Waals surface area contributed by atoms with Gasteiger partial charge in [-0.15, -0.1) is 0 Å². The van der Waals surface area contributed by atoms with Crippen LogP contribution in [0.3, 0.4) is 0 Å². The summed E-state index contributed by atoms with van der Waals surface area (Å²) in [5.74, 6) is 0.0706. The van der Waals surface area contributed by atoms with Gasteiger partial charge in [-0.1, -0.05) is 19.3 Å². The molecule has 3 aromatic rings. The van der Waals surface area contributed by atoms with Crippen LogP contribution in [0.1, 0.15) is 44.7 Å². The second-order valence-corrected chi connectivity index (χ2v) is 9.21. The summed E-state index contributed by atoms with van der Waals surface area (Å²) in [5.41, 5.74) is 7.14. The highest BCUT2D eigenvalue weighted by atomic mass is 19.4. The molecule has 3 heterocycles. The quantitative estimate of drug-likeness (QED) is 0.454. The summed E-state index contributed by atoms with van der Waals surface area (Å²) < 4.78 is 51.5. The van der Waals surface area contributed by atoms with Gasteiger partial charge in [0.15, 0.2) is 11.6 Å². The van der Waals surface area contributed by atoms with Gasteiger partial charge in [0.2, 0.25) is 5.88 Å². The molecular weight excluding hydrogens is 461 g/mol. The molecule has 0 unspecified atom stereocenters. The zero-order valence-electron chi connectivity index (χ0n) is 20.2. The Balaban J connectivity index is 1.80. The van der Waals surface area contributed by atoms with Crippen LogP contribution in [0.5, 0.6) is 5.88 Å². The van der Waals surface area contributed by atoms with Crippen molar-refractivity contribution in [3.63, 3.8) is 0 Å². The van der Waals surface area contributed by atoms with E-state index in [0.717, 1.165) is 37.4 Å². The number of anilines is 2. The number of rotatable bonds is 8. The first kappa shape index (κ1) is 25.0. The minimum atomic E-state index is -4.63. The second-order valence-electron chi connectivity index (χ2n) is 9.21. The average Bonchev–Trinajstić information content (AvgIpc) is 3.18. The third kappa shape index (κ3) is 5.44. The van der Waals surface area contributed by atoms with E-state index >= 15 is 0 Å². The lowest BCUT2D eigenvalue weighted by Crippen LogP contribution is -2.40. The van der Waals surface area contributed by atoms with E-state index in [4.69, 9.17) is 15.2 Å². The van der Waals surface area contributed by atoms with Crippen molar-refractivity contribution in [1.82, 2.24) is 19.9 Å². The first-order valence-electron chi connectivity index (χ1n) is 11.7. The van der Waals surface area contributed by atoms with Crippen molar-refractivity contribution in [2.24, 2.45) is 5.41 Å². The molecule has 1 aliphatic rings. The number of alkyl halides is 3. The van der Waals surface area contributed by atoms with E-state index < -0.39 is 11.9 Å². The standard InChI is InChI=1S/C24H31F3N6O2/c1-4-35-19-11-15(10-18(30-19)24(25,26)27)16-12-17(20-21(29-16)32-22(28)31-20)33(2)13-23(14-34-3)8-6-5-7-9-23/h10-12H,4-9,13-14H2,1-3H3,(H3,28,29,31,32). The molecule has 0 aromatic carbocycles. The maximum Gasteiger partial charge on any atom is 0.433 e. The first-order chi connectivity index (χ1) is 16.6. The van der Waals surface area contributed by atoms with Crippen molar-refractivity contribution in [2.75, 3.05) is 44.5 Å². The fourth-order valence-electron chi connectivity index (χ4n) is 5.00. The predicted molar refractivity (Wildman–Crippen MR) is 128 cm³/mol. The lowest BCUT2D eigenvalue weighted by atomic mass is 9.74. The Morgan fingerprint density at radius 2 is 1.86 bits per heavy atom. The normalized spacial score (nSPS) is 15.9. The molecule has 190 valence electrons. The third-order valence-electron chi connectivity index (χ3n) is 6.49. The highest BCUT2D eigenvalue weighted by Gasteiger charge is 2.35. The van der Waals surface area contributed by atoms with E-state index in [1.807, 2.05) is 7.05 Å². The number of nitrogen functional groups attached to an aromatic ring is 1. The molecular formula is C24H31F3N6O2. The van der Waals surface area contributed by atoms with Crippen molar-refractivity contribution in [3.8, 4) is 17.1 Å². The number of H-pyrrole nitrogens is 1. The summed E-state index contributed by atoms with van der Waals surface area (Å²) in [4.78, 5) is 17.5. The van der Waals surface area contributed by atoms with Gasteiger partial charge < -0.3 is 25.1 Å². The summed E-state index contributed by atoms with van der Waals surface area (Å²) in [6.07, 6.45) is 0.964. The fraction of sp³-hybridized carbons (Fsp3) is 0.542. The molecule has 0 radical (unpaired) electrons. The molecule has 0 aliphatic heterocycles. The van der Waals surface area contributed by atoms with Gasteiger partial charge in [0.25, 0.3) is 0 Å². The smallest absolute Gasteiger partial charge is 0.433 e. The van der Waals surface area contributed by atoms with E-state index in [-0.39, 0.29) is 29.4 Å². The van der Waals surface area contributed by atoms with Crippen LogP contribution in [0.2, 0.25) is 0 Å². The number of hydrogen-bond acceptors (Lipinski definition) is 7. The van der Waals surface area contributed by atoms with Crippen LogP contribution < -0.4 is 15.4 Å². The molecule has 1 saturated carbocycles. The molecule has 0 saturated heterocycles. The van der Waals surface area contributed by atoms with Gasteiger partial charge in [-0.25, -0.2) is 9.97 Å². The number of aromatic amines is 1. The number of pyridine rings is 2. The largest absolute Gasteiger partial charge is 0.478 e. The monoisotopic (exact) mass is 492 g/mol. The van der Waals surface area contributed by atoms with Crippen molar-refractivity contribution < 1.29 is 22.6 Å². The molecule has 0 amide bonds. The van der Waals surface area contributed by atoms with Crippen LogP contribution in [-0.4, -0.2) is 53.9 Å². The van der Waals surface area contributed by atoms with Gasteiger partial charge in [-0.3, -0.25) is 0 Å². The van der Waals surface area contributed by atoms with Crippen molar-refractivity contribution in [2.45, 2.75) is 45.2 Å². The maximum absolute atomic E-state index is 13.6. The average molecular weight is 493 g/mol. The van der Waals surface area contributed by atoms with Gasteiger partial charge in [-0.2, -0.15) is 18.2 Å². The van der Waals surface area contributed by atoms with Gasteiger partial charge >= 0.3 is 6.18 Å². The molecule has 8 nitrogen and oxygen atoms in total. The van der Waals surface area contributed by atoms with Crippen LogP contribution in [0.15, 0.2) is 18.2 Å². The molecule has 3 aromatic heterocycles. The first-order valence-corrected chi connectivity index (χ1v) is 11.7. The van der Waals surface area contributed by atoms with E-state index in [1.54, 1.807) is 20.1 Å². The molecule has 4 rings (SSSR count). The number of aromatic nitrogens is 4. The van der Waals surface area contributed by atoms with Gasteiger partial charge in [-0.05, 0) is 31.9 Å². The molecule has 0 bridgehead atoms. The number of nitrogens with one attached hydrogen (secondary N) is 1. The molecule has 1 fully saturated rings. The minimum absolute atomic E-state index is 0.00860. The Bertz CT molecular complexity index is 1170. The van der Waals surface area contributed by atoms with E-state index in [1.165, 1.54) is 12.5 Å². The number of nitrogens with zero attached hydrogens (tertiary/aromatic N) is 4. The van der Waals surface area contributed by atoms with Crippen molar-refractivity contribution in [1.29, 1.82) is 0 Å². The number of halogens is 3. The van der Waals surface area contributed by atoms with Crippen LogP contribution >= 0.6 is 0 Å². The highest BCUT2D eigenvalue weighted by Crippen LogP contribution is 2.40. The Kier molecular flexibility index (Phi) is 7.07. The van der Waals surface area contributed by atoms with Crippen LogP contribution in [0.25, 0.3) is 22.4 Å². The summed E-state index contributed by atoms with van der Waals surface area (Å²) in [7, 11) is 3.67. The predicted octanol–water partition coefficient (Wildman–Crippen LogP) is 5.05. The van der Waals surface area contributed by atoms with Gasteiger partial charge in [0.05, 0.1) is 24.6 Å². The minimum Gasteiger partial charge on any atom is -0.478 e. The van der Waals surface area contributed by atoms with Gasteiger partial charge in [0, 0.05) is 37.7 Å². The van der Waals surface area contributed by atoms with E-state index in [9.17, 15) is 13.2 Å². The van der Waals surface area contributed by atoms with Crippen LogP contribution in [0.4, 0.5) is 24.8 Å². The van der Waals surface area contributed by atoms with E-state index in [2.05, 4.69) is 24.8 Å². The van der Waals surface area contributed by atoms with Crippen molar-refractivity contribution >= 4 is 22.8 Å². The lowest BCUT2D eigenvalue weighted by Gasteiger charge is -2.40. The summed E-state index contributed by atoms with van der Waals surface area (Å²) in [6, 6.07) is 4.19. The number of ether oxygens (including phenoxy) is 2. The fourth-order valence-corrected chi connectivity index (χ4v) is 5.00. The number of nitrogens with two attached hydrogens (primary N) is 1. The SMILES string of the molecule is CCOc1cc(-c2cc(N(C)CC3(COC)CCCCC3)c3[nH]c(N)nc3n2)cc(C(F)(F)F)n1. The van der Waals surface area contributed by atoms with Crippen LogP contribution in [0, 0.1) is 5.41 Å². The van der Waals surface area contributed by atoms with Gasteiger partial charge in [0.1, 0.15) is 11.2 Å². The third-order valence-corrected chi connectivity index (χ3v) is 6.49. The number of methoxy groups -OCH3 is 1. The summed E-state index contributed by atoms with van der Waals surface area (Å²) >= 11 is 0. The van der Waals surface area contributed by atoms with Crippen molar-refractivity contribution in [3.05, 3.63) is 23.9 Å².